The molecule has 54 valence electrons. The maximum atomic E-state index is 5.29. The molecule has 0 atom stereocenters. The molecule has 3 nitrogen and oxygen atoms in total. The van der Waals surface area contributed by atoms with Crippen molar-refractivity contribution in [1.82, 2.24) is 4.90 Å². The van der Waals surface area contributed by atoms with Crippen molar-refractivity contribution in [1.29, 1.82) is 0 Å². The predicted octanol–water partition coefficient (Wildman–Crippen LogP) is -0.303. The first-order valence-corrected chi connectivity index (χ1v) is 3.10. The maximum Gasteiger partial charge on any atom is 0.0181 e. The van der Waals surface area contributed by atoms with Crippen molar-refractivity contribution in [2.75, 3.05) is 20.1 Å². The Kier molecular flexibility index (Phi) is 5.01. The van der Waals surface area contributed by atoms with Gasteiger partial charge in [0.2, 0.25) is 0 Å². The molecular formula is C6H15N3. The van der Waals surface area contributed by atoms with E-state index in [2.05, 4.69) is 0 Å². The molecule has 0 radical (unpaired) electrons. The van der Waals surface area contributed by atoms with Crippen LogP contribution in [0.15, 0.2) is 12.4 Å². The summed E-state index contributed by atoms with van der Waals surface area (Å²) < 4.78 is 0. The smallest absolute Gasteiger partial charge is 0.0181 e. The SMILES string of the molecule is CN(/C=C\N)CCCN. The number of rotatable bonds is 4. The molecule has 0 unspecified atom stereocenters. The Bertz CT molecular complexity index is 80.4. The van der Waals surface area contributed by atoms with Gasteiger partial charge in [-0.3, -0.25) is 0 Å². The van der Waals surface area contributed by atoms with E-state index in [-0.39, 0.29) is 0 Å². The van der Waals surface area contributed by atoms with Crippen molar-refractivity contribution in [3.8, 4) is 0 Å². The number of nitrogens with two attached hydrogens (primary N) is 2. The minimum atomic E-state index is 0.739. The second-order valence-electron chi connectivity index (χ2n) is 1.96. The Morgan fingerprint density at radius 2 is 2.22 bits per heavy atom. The van der Waals surface area contributed by atoms with E-state index in [0.717, 1.165) is 19.5 Å². The van der Waals surface area contributed by atoms with Crippen LogP contribution in [-0.2, 0) is 0 Å². The molecule has 3 heteroatoms. The monoisotopic (exact) mass is 129 g/mol. The van der Waals surface area contributed by atoms with Crippen LogP contribution in [0, 0.1) is 0 Å². The standard InChI is InChI=1S/C6H15N3/c1-9(6-4-8)5-2-3-7/h4,6H,2-3,5,7-8H2,1H3/b6-4-. The molecule has 0 heterocycles. The van der Waals surface area contributed by atoms with Crippen LogP contribution >= 0.6 is 0 Å². The lowest BCUT2D eigenvalue weighted by Crippen LogP contribution is -2.16. The van der Waals surface area contributed by atoms with E-state index in [4.69, 9.17) is 11.5 Å². The maximum absolute atomic E-state index is 5.29. The molecule has 0 aliphatic carbocycles. The third-order valence-corrected chi connectivity index (χ3v) is 1.06. The normalized spacial score (nSPS) is 10.4. The molecule has 9 heavy (non-hydrogen) atoms. The van der Waals surface area contributed by atoms with Gasteiger partial charge in [-0.2, -0.15) is 0 Å². The van der Waals surface area contributed by atoms with Crippen LogP contribution in [0.3, 0.4) is 0 Å². The summed E-state index contributed by atoms with van der Waals surface area (Å²) in [5.41, 5.74) is 10.4. The summed E-state index contributed by atoms with van der Waals surface area (Å²) in [5, 5.41) is 0. The van der Waals surface area contributed by atoms with Crippen molar-refractivity contribution in [2.45, 2.75) is 6.42 Å². The van der Waals surface area contributed by atoms with Crippen LogP contribution in [-0.4, -0.2) is 25.0 Å². The van der Waals surface area contributed by atoms with E-state index in [1.807, 2.05) is 18.1 Å². The largest absolute Gasteiger partial charge is 0.403 e. The van der Waals surface area contributed by atoms with Gasteiger partial charge in [-0.25, -0.2) is 0 Å². The third-order valence-electron chi connectivity index (χ3n) is 1.06. The summed E-state index contributed by atoms with van der Waals surface area (Å²) in [6.07, 6.45) is 4.37. The van der Waals surface area contributed by atoms with E-state index >= 15 is 0 Å². The minimum absolute atomic E-state index is 0.739. The first-order chi connectivity index (χ1) is 4.31. The van der Waals surface area contributed by atoms with Gasteiger partial charge in [-0.1, -0.05) is 0 Å². The molecule has 0 fully saturated rings. The molecule has 0 aliphatic heterocycles. The Hall–Kier alpha value is -0.700. The predicted molar refractivity (Wildman–Crippen MR) is 39.6 cm³/mol. The number of hydrogen-bond donors (Lipinski definition) is 2. The van der Waals surface area contributed by atoms with Crippen molar-refractivity contribution in [2.24, 2.45) is 11.5 Å². The molecule has 4 N–H and O–H groups in total. The molecule has 0 saturated carbocycles. The van der Waals surface area contributed by atoms with Crippen LogP contribution in [0.1, 0.15) is 6.42 Å². The van der Waals surface area contributed by atoms with Crippen LogP contribution in [0.5, 0.6) is 0 Å². The summed E-state index contributed by atoms with van der Waals surface area (Å²) in [6.45, 7) is 1.72. The van der Waals surface area contributed by atoms with Gasteiger partial charge in [0.1, 0.15) is 0 Å². The van der Waals surface area contributed by atoms with Gasteiger partial charge in [0.05, 0.1) is 0 Å². The van der Waals surface area contributed by atoms with Gasteiger partial charge in [0.15, 0.2) is 0 Å². The van der Waals surface area contributed by atoms with Gasteiger partial charge in [-0.05, 0) is 13.0 Å². The van der Waals surface area contributed by atoms with Crippen molar-refractivity contribution in [3.63, 3.8) is 0 Å². The molecule has 0 aromatic heterocycles. The van der Waals surface area contributed by atoms with E-state index in [9.17, 15) is 0 Å². The average Bonchev–Trinajstić information content (AvgIpc) is 1.85. The molecule has 0 aromatic carbocycles. The van der Waals surface area contributed by atoms with Gasteiger partial charge in [0, 0.05) is 26.0 Å². The highest BCUT2D eigenvalue weighted by atomic mass is 15.1. The first-order valence-electron chi connectivity index (χ1n) is 3.10. The van der Waals surface area contributed by atoms with E-state index in [1.54, 1.807) is 0 Å². The summed E-state index contributed by atoms with van der Waals surface area (Å²) in [7, 11) is 1.97. The van der Waals surface area contributed by atoms with Gasteiger partial charge >= 0.3 is 0 Å². The highest BCUT2D eigenvalue weighted by Gasteiger charge is 1.86. The van der Waals surface area contributed by atoms with E-state index in [0.29, 0.717) is 0 Å². The number of nitrogens with zero attached hydrogens (tertiary/aromatic N) is 1. The van der Waals surface area contributed by atoms with Gasteiger partial charge in [0.25, 0.3) is 0 Å². The molecule has 0 bridgehead atoms. The lowest BCUT2D eigenvalue weighted by Gasteiger charge is -2.11. The minimum Gasteiger partial charge on any atom is -0.403 e. The van der Waals surface area contributed by atoms with Crippen LogP contribution in [0.4, 0.5) is 0 Å². The average molecular weight is 129 g/mol. The lowest BCUT2D eigenvalue weighted by molar-refractivity contribution is 0.446. The molecule has 0 aromatic rings. The third kappa shape index (κ3) is 5.17. The highest BCUT2D eigenvalue weighted by molar-refractivity contribution is 4.74. The second-order valence-corrected chi connectivity index (χ2v) is 1.96. The molecule has 0 saturated heterocycles. The van der Waals surface area contributed by atoms with Crippen molar-refractivity contribution < 1.29 is 0 Å². The molecule has 0 amide bonds. The first kappa shape index (κ1) is 8.30. The van der Waals surface area contributed by atoms with Crippen LogP contribution in [0.25, 0.3) is 0 Å². The van der Waals surface area contributed by atoms with Crippen LogP contribution in [0.2, 0.25) is 0 Å². The topological polar surface area (TPSA) is 55.3 Å². The summed E-state index contributed by atoms with van der Waals surface area (Å²) in [5.74, 6) is 0. The van der Waals surface area contributed by atoms with Crippen molar-refractivity contribution in [3.05, 3.63) is 12.4 Å². The Morgan fingerprint density at radius 3 is 2.67 bits per heavy atom. The molecular weight excluding hydrogens is 114 g/mol. The summed E-state index contributed by atoms with van der Waals surface area (Å²) in [6, 6.07) is 0. The Morgan fingerprint density at radius 1 is 1.56 bits per heavy atom. The zero-order chi connectivity index (χ0) is 7.11. The lowest BCUT2D eigenvalue weighted by atomic mass is 10.4. The van der Waals surface area contributed by atoms with Crippen LogP contribution < -0.4 is 11.5 Å². The Balaban J connectivity index is 3.15. The number of hydrogen-bond acceptors (Lipinski definition) is 3. The zero-order valence-corrected chi connectivity index (χ0v) is 5.88. The van der Waals surface area contributed by atoms with Crippen molar-refractivity contribution >= 4 is 0 Å². The molecule has 0 aliphatic rings. The van der Waals surface area contributed by atoms with E-state index in [1.165, 1.54) is 6.20 Å². The fourth-order valence-electron chi connectivity index (χ4n) is 0.562. The quantitative estimate of drug-likeness (QED) is 0.548. The summed E-state index contributed by atoms with van der Waals surface area (Å²) >= 11 is 0. The Labute approximate surface area is 56.3 Å². The highest BCUT2D eigenvalue weighted by Crippen LogP contribution is 1.84. The fourth-order valence-corrected chi connectivity index (χ4v) is 0.562. The van der Waals surface area contributed by atoms with E-state index < -0.39 is 0 Å². The fraction of sp³-hybridized carbons (Fsp3) is 0.667. The summed E-state index contributed by atoms with van der Waals surface area (Å²) in [4.78, 5) is 2.01. The molecule has 0 rings (SSSR count). The zero-order valence-electron chi connectivity index (χ0n) is 5.88. The molecule has 0 spiro atoms. The second kappa shape index (κ2) is 5.44. The van der Waals surface area contributed by atoms with Gasteiger partial charge < -0.3 is 16.4 Å². The van der Waals surface area contributed by atoms with Gasteiger partial charge in [-0.15, -0.1) is 0 Å².